The van der Waals surface area contributed by atoms with Crippen LogP contribution in [0.15, 0.2) is 30.3 Å². The molecule has 1 atom stereocenters. The van der Waals surface area contributed by atoms with Crippen molar-refractivity contribution in [3.63, 3.8) is 0 Å². The Bertz CT molecular complexity index is 585. The van der Waals surface area contributed by atoms with E-state index >= 15 is 0 Å². The molecule has 1 saturated heterocycles. The van der Waals surface area contributed by atoms with E-state index in [9.17, 15) is 4.79 Å². The fraction of sp³-hybridized carbons (Fsp3) is 0.667. The minimum Gasteiger partial charge on any atom is -0.349 e. The zero-order valence-electron chi connectivity index (χ0n) is 14.8. The molecule has 24 heavy (non-hydrogen) atoms. The Morgan fingerprint density at radius 3 is 2.38 bits per heavy atom. The molecule has 2 N–H and O–H groups in total. The summed E-state index contributed by atoms with van der Waals surface area (Å²) in [5, 5.41) is 7.26. The second-order valence-electron chi connectivity index (χ2n) is 8.52. The Kier molecular flexibility index (Phi) is 4.16. The minimum absolute atomic E-state index is 0.0789. The summed E-state index contributed by atoms with van der Waals surface area (Å²) in [6.45, 7) is 2.42. The van der Waals surface area contributed by atoms with Gasteiger partial charge in [-0.3, -0.25) is 4.79 Å². The summed E-state index contributed by atoms with van der Waals surface area (Å²) >= 11 is 0. The molecule has 1 aliphatic heterocycles. The fourth-order valence-electron chi connectivity index (χ4n) is 5.09. The molecular formula is C21H30N2O. The van der Waals surface area contributed by atoms with Crippen LogP contribution in [0.2, 0.25) is 0 Å². The van der Waals surface area contributed by atoms with E-state index in [2.05, 4.69) is 47.9 Å². The van der Waals surface area contributed by atoms with E-state index in [-0.39, 0.29) is 11.4 Å². The van der Waals surface area contributed by atoms with E-state index in [1.165, 1.54) is 37.7 Å². The molecule has 1 heterocycles. The van der Waals surface area contributed by atoms with Gasteiger partial charge in [-0.15, -0.1) is 0 Å². The smallest absolute Gasteiger partial charge is 0.220 e. The van der Waals surface area contributed by atoms with Crippen molar-refractivity contribution in [3.05, 3.63) is 35.9 Å². The monoisotopic (exact) mass is 326 g/mol. The summed E-state index contributed by atoms with van der Waals surface area (Å²) in [4.78, 5) is 11.8. The number of carbonyl (C=O) groups excluding carboxylic acids is 1. The second-order valence-corrected chi connectivity index (χ2v) is 8.52. The highest BCUT2D eigenvalue weighted by molar-refractivity contribution is 5.78. The molecule has 3 fully saturated rings. The van der Waals surface area contributed by atoms with Crippen LogP contribution in [0.25, 0.3) is 0 Å². The molecule has 1 spiro atoms. The third kappa shape index (κ3) is 2.88. The zero-order valence-corrected chi connectivity index (χ0v) is 14.8. The third-order valence-corrected chi connectivity index (χ3v) is 6.96. The van der Waals surface area contributed by atoms with Crippen LogP contribution in [0.1, 0.15) is 70.3 Å². The van der Waals surface area contributed by atoms with Crippen molar-refractivity contribution in [1.29, 1.82) is 0 Å². The number of hydrogen-bond donors (Lipinski definition) is 2. The summed E-state index contributed by atoms with van der Waals surface area (Å²) in [6.07, 6.45) is 10.3. The summed E-state index contributed by atoms with van der Waals surface area (Å²) in [6, 6.07) is 12.1. The van der Waals surface area contributed by atoms with Gasteiger partial charge < -0.3 is 10.6 Å². The maximum Gasteiger partial charge on any atom is 0.220 e. The van der Waals surface area contributed by atoms with Crippen molar-refractivity contribution >= 4 is 5.91 Å². The van der Waals surface area contributed by atoms with Crippen LogP contribution < -0.4 is 10.6 Å². The molecular weight excluding hydrogens is 296 g/mol. The maximum absolute atomic E-state index is 11.8. The summed E-state index contributed by atoms with van der Waals surface area (Å²) < 4.78 is 0. The van der Waals surface area contributed by atoms with E-state index in [4.69, 9.17) is 0 Å². The average Bonchev–Trinajstić information content (AvgIpc) is 2.58. The van der Waals surface area contributed by atoms with Crippen LogP contribution in [0.5, 0.6) is 0 Å². The molecule has 1 aromatic carbocycles. The lowest BCUT2D eigenvalue weighted by atomic mass is 9.66. The Morgan fingerprint density at radius 2 is 1.75 bits per heavy atom. The first kappa shape index (κ1) is 16.1. The van der Waals surface area contributed by atoms with Gasteiger partial charge in [0.25, 0.3) is 0 Å². The molecule has 2 aliphatic carbocycles. The maximum atomic E-state index is 11.8. The van der Waals surface area contributed by atoms with E-state index < -0.39 is 0 Å². The standard InChI is InChI=1S/C21H30N2O/c1-20(16-6-3-2-4-7-16)14-10-17(11-15-20)22-18-8-9-19(24)23-21(18)12-5-13-21/h2-4,6-7,17-18,22H,5,8-15H2,1H3,(H,23,24). The van der Waals surface area contributed by atoms with Crippen molar-refractivity contribution < 1.29 is 4.79 Å². The summed E-state index contributed by atoms with van der Waals surface area (Å²) in [5.41, 5.74) is 1.90. The SMILES string of the molecule is CC1(c2ccccc2)CCC(NC2CCC(=O)NC23CCC3)CC1. The van der Waals surface area contributed by atoms with Crippen molar-refractivity contribution in [1.82, 2.24) is 10.6 Å². The minimum atomic E-state index is 0.0789. The molecule has 0 aromatic heterocycles. The highest BCUT2D eigenvalue weighted by Crippen LogP contribution is 2.42. The number of rotatable bonds is 3. The van der Waals surface area contributed by atoms with Gasteiger partial charge in [-0.2, -0.15) is 0 Å². The Morgan fingerprint density at radius 1 is 1.04 bits per heavy atom. The van der Waals surface area contributed by atoms with Gasteiger partial charge in [0.2, 0.25) is 5.91 Å². The lowest BCUT2D eigenvalue weighted by Crippen LogP contribution is -2.69. The molecule has 1 unspecified atom stereocenters. The predicted octanol–water partition coefficient (Wildman–Crippen LogP) is 3.68. The van der Waals surface area contributed by atoms with E-state index in [1.807, 2.05) is 0 Å². The quantitative estimate of drug-likeness (QED) is 0.890. The second kappa shape index (κ2) is 6.18. The highest BCUT2D eigenvalue weighted by atomic mass is 16.1. The van der Waals surface area contributed by atoms with Crippen LogP contribution in [-0.2, 0) is 10.2 Å². The summed E-state index contributed by atoms with van der Waals surface area (Å²) in [5.74, 6) is 0.257. The van der Waals surface area contributed by atoms with Gasteiger partial charge in [0.15, 0.2) is 0 Å². The lowest BCUT2D eigenvalue weighted by Gasteiger charge is -2.52. The first-order valence-electron chi connectivity index (χ1n) is 9.72. The largest absolute Gasteiger partial charge is 0.349 e. The number of piperidine rings is 1. The van der Waals surface area contributed by atoms with E-state index in [1.54, 1.807) is 0 Å². The predicted molar refractivity (Wildman–Crippen MR) is 96.9 cm³/mol. The Hall–Kier alpha value is -1.35. The molecule has 0 radical (unpaired) electrons. The van der Waals surface area contributed by atoms with Crippen LogP contribution in [0, 0.1) is 0 Å². The topological polar surface area (TPSA) is 41.1 Å². The number of hydrogen-bond acceptors (Lipinski definition) is 2. The van der Waals surface area contributed by atoms with Crippen molar-refractivity contribution in [2.24, 2.45) is 0 Å². The molecule has 2 saturated carbocycles. The Balaban J connectivity index is 1.37. The molecule has 3 aliphatic rings. The Labute approximate surface area is 145 Å². The molecule has 3 heteroatoms. The first-order chi connectivity index (χ1) is 11.6. The van der Waals surface area contributed by atoms with Gasteiger partial charge in [0, 0.05) is 18.5 Å². The number of nitrogens with one attached hydrogen (secondary N) is 2. The van der Waals surface area contributed by atoms with Crippen molar-refractivity contribution in [3.8, 4) is 0 Å². The number of amides is 1. The van der Waals surface area contributed by atoms with Gasteiger partial charge in [0.1, 0.15) is 0 Å². The van der Waals surface area contributed by atoms with Crippen LogP contribution in [-0.4, -0.2) is 23.5 Å². The van der Waals surface area contributed by atoms with Gasteiger partial charge >= 0.3 is 0 Å². The third-order valence-electron chi connectivity index (χ3n) is 6.96. The van der Waals surface area contributed by atoms with Gasteiger partial charge in [0.05, 0.1) is 5.54 Å². The van der Waals surface area contributed by atoms with Crippen molar-refractivity contribution in [2.75, 3.05) is 0 Å². The van der Waals surface area contributed by atoms with Gasteiger partial charge in [-0.1, -0.05) is 37.3 Å². The fourth-order valence-corrected chi connectivity index (χ4v) is 5.09. The highest BCUT2D eigenvalue weighted by Gasteiger charge is 2.48. The van der Waals surface area contributed by atoms with Crippen LogP contribution in [0.3, 0.4) is 0 Å². The van der Waals surface area contributed by atoms with E-state index in [0.717, 1.165) is 19.3 Å². The van der Waals surface area contributed by atoms with Gasteiger partial charge in [-0.05, 0) is 62.3 Å². The van der Waals surface area contributed by atoms with E-state index in [0.29, 0.717) is 23.9 Å². The normalized spacial score (nSPS) is 35.3. The molecule has 0 bridgehead atoms. The lowest BCUT2D eigenvalue weighted by molar-refractivity contribution is -0.128. The van der Waals surface area contributed by atoms with Crippen molar-refractivity contribution in [2.45, 2.75) is 87.7 Å². The average molecular weight is 326 g/mol. The molecule has 3 nitrogen and oxygen atoms in total. The van der Waals surface area contributed by atoms with Crippen LogP contribution in [0.4, 0.5) is 0 Å². The molecule has 130 valence electrons. The van der Waals surface area contributed by atoms with Crippen LogP contribution >= 0.6 is 0 Å². The molecule has 1 aromatic rings. The summed E-state index contributed by atoms with van der Waals surface area (Å²) in [7, 11) is 0. The first-order valence-corrected chi connectivity index (χ1v) is 9.72. The van der Waals surface area contributed by atoms with Gasteiger partial charge in [-0.25, -0.2) is 0 Å². The zero-order chi connectivity index (χ0) is 16.6. The number of carbonyl (C=O) groups is 1. The molecule has 1 amide bonds. The molecule has 4 rings (SSSR count). The number of benzene rings is 1.